The number of aromatic nitrogens is 2. The molecule has 0 aliphatic heterocycles. The third-order valence-corrected chi connectivity index (χ3v) is 3.01. The van der Waals surface area contributed by atoms with E-state index in [1.807, 2.05) is 6.92 Å². The molecule has 0 unspecified atom stereocenters. The van der Waals surface area contributed by atoms with Gasteiger partial charge in [-0.1, -0.05) is 6.92 Å². The quantitative estimate of drug-likeness (QED) is 0.885. The van der Waals surface area contributed by atoms with Gasteiger partial charge in [-0.3, -0.25) is 9.59 Å². The van der Waals surface area contributed by atoms with Crippen LogP contribution in [0.25, 0.3) is 5.69 Å². The number of hydrogen-bond donors (Lipinski definition) is 1. The summed E-state index contributed by atoms with van der Waals surface area (Å²) < 4.78 is 14.3. The number of halogens is 1. The molecule has 116 valence electrons. The Balaban J connectivity index is 2.20. The molecule has 1 amide bonds. The van der Waals surface area contributed by atoms with E-state index in [-0.39, 0.29) is 18.1 Å². The topological polar surface area (TPSA) is 75.4 Å². The van der Waals surface area contributed by atoms with Crippen LogP contribution in [0, 0.1) is 5.82 Å². The minimum Gasteiger partial charge on any atom is -0.480 e. The smallest absolute Gasteiger partial charge is 0.323 e. The Hall–Kier alpha value is -2.70. The van der Waals surface area contributed by atoms with Crippen LogP contribution in [-0.4, -0.2) is 44.8 Å². The SMILES string of the molecule is CCCN(CC(=O)O)C(=O)c1ccn(-c2ccc(F)cc2)n1. The van der Waals surface area contributed by atoms with Crippen molar-refractivity contribution in [2.75, 3.05) is 13.1 Å². The van der Waals surface area contributed by atoms with Crippen LogP contribution in [0.1, 0.15) is 23.8 Å². The molecule has 0 bridgehead atoms. The van der Waals surface area contributed by atoms with E-state index in [0.717, 1.165) is 0 Å². The molecule has 0 aliphatic carbocycles. The van der Waals surface area contributed by atoms with Crippen molar-refractivity contribution >= 4 is 11.9 Å². The zero-order valence-electron chi connectivity index (χ0n) is 12.1. The molecule has 22 heavy (non-hydrogen) atoms. The van der Waals surface area contributed by atoms with Crippen LogP contribution >= 0.6 is 0 Å². The van der Waals surface area contributed by atoms with Gasteiger partial charge in [-0.05, 0) is 36.8 Å². The van der Waals surface area contributed by atoms with E-state index < -0.39 is 11.9 Å². The van der Waals surface area contributed by atoms with Crippen molar-refractivity contribution in [2.45, 2.75) is 13.3 Å². The van der Waals surface area contributed by atoms with E-state index in [2.05, 4.69) is 5.10 Å². The van der Waals surface area contributed by atoms with Crippen molar-refractivity contribution < 1.29 is 19.1 Å². The minimum absolute atomic E-state index is 0.152. The summed E-state index contributed by atoms with van der Waals surface area (Å²) in [4.78, 5) is 24.4. The first-order valence-corrected chi connectivity index (χ1v) is 6.84. The van der Waals surface area contributed by atoms with E-state index in [1.165, 1.54) is 39.9 Å². The highest BCUT2D eigenvalue weighted by Gasteiger charge is 2.20. The molecule has 0 radical (unpaired) electrons. The van der Waals surface area contributed by atoms with Crippen LogP contribution in [0.3, 0.4) is 0 Å². The minimum atomic E-state index is -1.07. The lowest BCUT2D eigenvalue weighted by Crippen LogP contribution is -2.36. The van der Waals surface area contributed by atoms with Crippen LogP contribution in [-0.2, 0) is 4.79 Å². The summed E-state index contributed by atoms with van der Waals surface area (Å²) in [7, 11) is 0. The standard InChI is InChI=1S/C15H16FN3O3/c1-2-8-18(10-14(20)21)15(22)13-7-9-19(17-13)12-5-3-11(16)4-6-12/h3-7,9H,2,8,10H2,1H3,(H,20,21). The van der Waals surface area contributed by atoms with Gasteiger partial charge < -0.3 is 10.0 Å². The van der Waals surface area contributed by atoms with Gasteiger partial charge >= 0.3 is 5.97 Å². The predicted octanol–water partition coefficient (Wildman–Crippen LogP) is 1.95. The van der Waals surface area contributed by atoms with Crippen LogP contribution in [0.15, 0.2) is 36.5 Å². The number of carboxylic acid groups (broad SMARTS) is 1. The van der Waals surface area contributed by atoms with Gasteiger partial charge in [0.05, 0.1) is 5.69 Å². The summed E-state index contributed by atoms with van der Waals surface area (Å²) in [6.45, 7) is 1.84. The number of carbonyl (C=O) groups excluding carboxylic acids is 1. The number of nitrogens with zero attached hydrogens (tertiary/aromatic N) is 3. The Morgan fingerprint density at radius 1 is 1.27 bits per heavy atom. The first-order valence-electron chi connectivity index (χ1n) is 6.84. The normalized spacial score (nSPS) is 10.5. The molecule has 0 atom stereocenters. The number of aliphatic carboxylic acids is 1. The summed E-state index contributed by atoms with van der Waals surface area (Å²) >= 11 is 0. The number of hydrogen-bond acceptors (Lipinski definition) is 3. The highest BCUT2D eigenvalue weighted by molar-refractivity contribution is 5.94. The average Bonchev–Trinajstić information content (AvgIpc) is 2.96. The second-order valence-electron chi connectivity index (χ2n) is 4.74. The summed E-state index contributed by atoms with van der Waals surface area (Å²) in [5.74, 6) is -1.87. The monoisotopic (exact) mass is 305 g/mol. The van der Waals surface area contributed by atoms with Crippen LogP contribution in [0.2, 0.25) is 0 Å². The molecule has 2 rings (SSSR count). The van der Waals surface area contributed by atoms with E-state index in [9.17, 15) is 14.0 Å². The number of carboxylic acids is 1. The largest absolute Gasteiger partial charge is 0.480 e. The van der Waals surface area contributed by atoms with E-state index in [0.29, 0.717) is 18.7 Å². The van der Waals surface area contributed by atoms with E-state index in [1.54, 1.807) is 6.20 Å². The van der Waals surface area contributed by atoms with Crippen molar-refractivity contribution in [3.8, 4) is 5.69 Å². The third kappa shape index (κ3) is 3.69. The van der Waals surface area contributed by atoms with Crippen LogP contribution in [0.5, 0.6) is 0 Å². The fourth-order valence-electron chi connectivity index (χ4n) is 2.02. The summed E-state index contributed by atoms with van der Waals surface area (Å²) in [6, 6.07) is 7.18. The highest BCUT2D eigenvalue weighted by Crippen LogP contribution is 2.10. The zero-order valence-corrected chi connectivity index (χ0v) is 12.1. The second-order valence-corrected chi connectivity index (χ2v) is 4.74. The molecule has 1 heterocycles. The highest BCUT2D eigenvalue weighted by atomic mass is 19.1. The number of carbonyl (C=O) groups is 2. The van der Waals surface area contributed by atoms with Crippen molar-refractivity contribution in [3.05, 3.63) is 48.0 Å². The molecular weight excluding hydrogens is 289 g/mol. The van der Waals surface area contributed by atoms with Gasteiger partial charge in [-0.2, -0.15) is 5.10 Å². The molecule has 0 saturated carbocycles. The van der Waals surface area contributed by atoms with Gasteiger partial charge in [-0.25, -0.2) is 9.07 Å². The lowest BCUT2D eigenvalue weighted by molar-refractivity contribution is -0.137. The molecule has 0 spiro atoms. The summed E-state index contributed by atoms with van der Waals surface area (Å²) in [5.41, 5.74) is 0.764. The first-order chi connectivity index (χ1) is 10.5. The fourth-order valence-corrected chi connectivity index (χ4v) is 2.02. The van der Waals surface area contributed by atoms with E-state index >= 15 is 0 Å². The molecule has 0 fully saturated rings. The average molecular weight is 305 g/mol. The summed E-state index contributed by atoms with van der Waals surface area (Å²) in [6.07, 6.45) is 2.23. The molecule has 0 saturated heterocycles. The van der Waals surface area contributed by atoms with Gasteiger partial charge in [0.15, 0.2) is 5.69 Å². The Labute approximate surface area is 126 Å². The molecule has 7 heteroatoms. The second kappa shape index (κ2) is 6.84. The van der Waals surface area contributed by atoms with Gasteiger partial charge in [0.2, 0.25) is 0 Å². The molecule has 0 aliphatic rings. The van der Waals surface area contributed by atoms with Gasteiger partial charge in [0.1, 0.15) is 12.4 Å². The maximum absolute atomic E-state index is 12.9. The molecule has 1 aromatic carbocycles. The third-order valence-electron chi connectivity index (χ3n) is 3.01. The molecule has 2 aromatic rings. The maximum atomic E-state index is 12.9. The number of benzene rings is 1. The first kappa shape index (κ1) is 15.7. The van der Waals surface area contributed by atoms with E-state index in [4.69, 9.17) is 5.11 Å². The zero-order chi connectivity index (χ0) is 16.1. The Morgan fingerprint density at radius 2 is 1.95 bits per heavy atom. The van der Waals surface area contributed by atoms with Crippen LogP contribution < -0.4 is 0 Å². The number of rotatable bonds is 6. The maximum Gasteiger partial charge on any atom is 0.323 e. The molecular formula is C15H16FN3O3. The van der Waals surface area contributed by atoms with Gasteiger partial charge in [-0.15, -0.1) is 0 Å². The number of amides is 1. The van der Waals surface area contributed by atoms with Crippen molar-refractivity contribution in [2.24, 2.45) is 0 Å². The lowest BCUT2D eigenvalue weighted by Gasteiger charge is -2.18. The van der Waals surface area contributed by atoms with Crippen molar-refractivity contribution in [1.82, 2.24) is 14.7 Å². The fraction of sp³-hybridized carbons (Fsp3) is 0.267. The Kier molecular flexibility index (Phi) is 4.88. The van der Waals surface area contributed by atoms with Crippen molar-refractivity contribution in [1.29, 1.82) is 0 Å². The molecule has 6 nitrogen and oxygen atoms in total. The predicted molar refractivity (Wildman–Crippen MR) is 77.4 cm³/mol. The van der Waals surface area contributed by atoms with Crippen LogP contribution in [0.4, 0.5) is 4.39 Å². The van der Waals surface area contributed by atoms with Gasteiger partial charge in [0, 0.05) is 12.7 Å². The molecule has 1 aromatic heterocycles. The Bertz CT molecular complexity index is 667. The molecule has 1 N–H and O–H groups in total. The lowest BCUT2D eigenvalue weighted by atomic mass is 10.3. The van der Waals surface area contributed by atoms with Gasteiger partial charge in [0.25, 0.3) is 5.91 Å². The Morgan fingerprint density at radius 3 is 2.55 bits per heavy atom. The summed E-state index contributed by atoms with van der Waals surface area (Å²) in [5, 5.41) is 13.0. The van der Waals surface area contributed by atoms with Crippen molar-refractivity contribution in [3.63, 3.8) is 0 Å².